The van der Waals surface area contributed by atoms with Crippen molar-refractivity contribution in [2.45, 2.75) is 20.0 Å². The maximum absolute atomic E-state index is 12.9. The van der Waals surface area contributed by atoms with Gasteiger partial charge in [0, 0.05) is 6.07 Å². The summed E-state index contributed by atoms with van der Waals surface area (Å²) in [5.74, 6) is 0.129. The molecule has 0 radical (unpaired) electrons. The lowest BCUT2D eigenvalue weighted by Crippen LogP contribution is -1.98. The maximum Gasteiger partial charge on any atom is 0.127 e. The third-order valence-electron chi connectivity index (χ3n) is 2.01. The molecule has 1 aromatic rings. The predicted octanol–water partition coefficient (Wildman–Crippen LogP) is 1.89. The van der Waals surface area contributed by atoms with Gasteiger partial charge in [-0.1, -0.05) is 6.92 Å². The van der Waals surface area contributed by atoms with E-state index in [4.69, 9.17) is 9.84 Å². The minimum atomic E-state index is -0.377. The Morgan fingerprint density at radius 3 is 2.62 bits per heavy atom. The van der Waals surface area contributed by atoms with Gasteiger partial charge in [-0.3, -0.25) is 0 Å². The summed E-state index contributed by atoms with van der Waals surface area (Å²) in [6, 6.07) is 2.67. The molecule has 0 amide bonds. The number of aliphatic hydroxyl groups is 1. The minimum absolute atomic E-state index is 0.155. The van der Waals surface area contributed by atoms with E-state index in [2.05, 4.69) is 0 Å². The van der Waals surface area contributed by atoms with Gasteiger partial charge in [-0.15, -0.1) is 0 Å². The Morgan fingerprint density at radius 2 is 2.15 bits per heavy atom. The van der Waals surface area contributed by atoms with Gasteiger partial charge in [0.05, 0.1) is 13.7 Å². The number of hydrogen-bond donors (Lipinski definition) is 1. The summed E-state index contributed by atoms with van der Waals surface area (Å²) in [5, 5.41) is 8.97. The maximum atomic E-state index is 12.9. The molecular weight excluding hydrogens is 171 g/mol. The molecule has 13 heavy (non-hydrogen) atoms. The van der Waals surface area contributed by atoms with Crippen molar-refractivity contribution in [1.29, 1.82) is 0 Å². The van der Waals surface area contributed by atoms with Crippen LogP contribution in [0.25, 0.3) is 0 Å². The molecule has 0 saturated heterocycles. The highest BCUT2D eigenvalue weighted by Crippen LogP contribution is 2.24. The predicted molar refractivity (Wildman–Crippen MR) is 48.3 cm³/mol. The Balaban J connectivity index is 3.25. The molecule has 3 heteroatoms. The zero-order valence-corrected chi connectivity index (χ0v) is 7.80. The van der Waals surface area contributed by atoms with E-state index < -0.39 is 0 Å². The molecular formula is C10H13FO2. The summed E-state index contributed by atoms with van der Waals surface area (Å²) < 4.78 is 17.9. The van der Waals surface area contributed by atoms with Crippen molar-refractivity contribution < 1.29 is 14.2 Å². The second kappa shape index (κ2) is 4.23. The zero-order valence-electron chi connectivity index (χ0n) is 7.80. The lowest BCUT2D eigenvalue weighted by atomic mass is 10.0. The van der Waals surface area contributed by atoms with E-state index in [0.29, 0.717) is 11.3 Å². The van der Waals surface area contributed by atoms with Crippen LogP contribution in [0, 0.1) is 5.82 Å². The molecule has 0 atom stereocenters. The molecule has 0 aliphatic rings. The van der Waals surface area contributed by atoms with E-state index in [1.165, 1.54) is 19.2 Å². The van der Waals surface area contributed by atoms with E-state index in [1.54, 1.807) is 0 Å². The van der Waals surface area contributed by atoms with Crippen molar-refractivity contribution in [2.24, 2.45) is 0 Å². The molecule has 1 rings (SSSR count). The molecule has 0 saturated carbocycles. The van der Waals surface area contributed by atoms with E-state index in [-0.39, 0.29) is 12.4 Å². The van der Waals surface area contributed by atoms with Crippen LogP contribution in [0.15, 0.2) is 12.1 Å². The van der Waals surface area contributed by atoms with Crippen molar-refractivity contribution in [3.63, 3.8) is 0 Å². The molecule has 0 spiro atoms. The van der Waals surface area contributed by atoms with E-state index in [1.807, 2.05) is 6.92 Å². The van der Waals surface area contributed by atoms with E-state index in [0.717, 1.165) is 12.0 Å². The molecule has 0 fully saturated rings. The van der Waals surface area contributed by atoms with Gasteiger partial charge in [0.15, 0.2) is 0 Å². The van der Waals surface area contributed by atoms with Gasteiger partial charge in [-0.2, -0.15) is 0 Å². The second-order valence-electron chi connectivity index (χ2n) is 2.76. The highest BCUT2D eigenvalue weighted by Gasteiger charge is 2.08. The number of ether oxygens (including phenoxy) is 1. The average molecular weight is 184 g/mol. The lowest BCUT2D eigenvalue weighted by Gasteiger charge is -2.10. The molecule has 72 valence electrons. The monoisotopic (exact) mass is 184 g/mol. The van der Waals surface area contributed by atoms with Gasteiger partial charge in [0.25, 0.3) is 0 Å². The smallest absolute Gasteiger partial charge is 0.127 e. The topological polar surface area (TPSA) is 29.5 Å². The number of hydrogen-bond acceptors (Lipinski definition) is 2. The standard InChI is InChI=1S/C10H13FO2/c1-3-9-7(6-12)4-8(11)5-10(9)13-2/h4-5,12H,3,6H2,1-2H3. The SMILES string of the molecule is CCc1c(CO)cc(F)cc1OC. The summed E-state index contributed by atoms with van der Waals surface area (Å²) in [4.78, 5) is 0. The third-order valence-corrected chi connectivity index (χ3v) is 2.01. The summed E-state index contributed by atoms with van der Waals surface area (Å²) >= 11 is 0. The molecule has 0 aliphatic carbocycles. The first-order valence-corrected chi connectivity index (χ1v) is 4.19. The van der Waals surface area contributed by atoms with Crippen LogP contribution < -0.4 is 4.74 Å². The summed E-state index contributed by atoms with van der Waals surface area (Å²) in [6.07, 6.45) is 0.722. The molecule has 0 heterocycles. The van der Waals surface area contributed by atoms with Gasteiger partial charge in [0.2, 0.25) is 0 Å². The van der Waals surface area contributed by atoms with Gasteiger partial charge < -0.3 is 9.84 Å². The Bertz CT molecular complexity index is 272. The fourth-order valence-corrected chi connectivity index (χ4v) is 1.39. The summed E-state index contributed by atoms with van der Waals surface area (Å²) in [6.45, 7) is 1.78. The van der Waals surface area contributed by atoms with Crippen LogP contribution in [-0.2, 0) is 13.0 Å². The van der Waals surface area contributed by atoms with E-state index in [9.17, 15) is 4.39 Å². The second-order valence-corrected chi connectivity index (χ2v) is 2.76. The fourth-order valence-electron chi connectivity index (χ4n) is 1.39. The number of halogens is 1. The van der Waals surface area contributed by atoms with Crippen molar-refractivity contribution in [3.05, 3.63) is 29.1 Å². The Labute approximate surface area is 77.0 Å². The first kappa shape index (κ1) is 9.99. The summed E-state index contributed by atoms with van der Waals surface area (Å²) in [5.41, 5.74) is 1.46. The Morgan fingerprint density at radius 1 is 1.46 bits per heavy atom. The molecule has 0 aliphatic heterocycles. The van der Waals surface area contributed by atoms with Crippen molar-refractivity contribution >= 4 is 0 Å². The largest absolute Gasteiger partial charge is 0.496 e. The summed E-state index contributed by atoms with van der Waals surface area (Å²) in [7, 11) is 1.50. The third kappa shape index (κ3) is 1.98. The normalized spacial score (nSPS) is 10.2. The molecule has 0 aromatic heterocycles. The van der Waals surface area contributed by atoms with Crippen LogP contribution in [0.2, 0.25) is 0 Å². The number of methoxy groups -OCH3 is 1. The van der Waals surface area contributed by atoms with Crippen LogP contribution in [0.4, 0.5) is 4.39 Å². The average Bonchev–Trinajstić information content (AvgIpc) is 2.16. The molecule has 2 nitrogen and oxygen atoms in total. The molecule has 0 bridgehead atoms. The van der Waals surface area contributed by atoms with Crippen LogP contribution in [0.3, 0.4) is 0 Å². The molecule has 1 N–H and O–H groups in total. The first-order chi connectivity index (χ1) is 6.22. The van der Waals surface area contributed by atoms with Crippen LogP contribution >= 0.6 is 0 Å². The fraction of sp³-hybridized carbons (Fsp3) is 0.400. The highest BCUT2D eigenvalue weighted by molar-refractivity contribution is 5.40. The van der Waals surface area contributed by atoms with Crippen molar-refractivity contribution in [1.82, 2.24) is 0 Å². The number of aliphatic hydroxyl groups excluding tert-OH is 1. The van der Waals surface area contributed by atoms with Gasteiger partial charge >= 0.3 is 0 Å². The van der Waals surface area contributed by atoms with Crippen LogP contribution in [0.5, 0.6) is 5.75 Å². The number of benzene rings is 1. The van der Waals surface area contributed by atoms with Gasteiger partial charge in [0.1, 0.15) is 11.6 Å². The molecule has 0 unspecified atom stereocenters. The van der Waals surface area contributed by atoms with Crippen molar-refractivity contribution in [3.8, 4) is 5.75 Å². The Hall–Kier alpha value is -1.09. The lowest BCUT2D eigenvalue weighted by molar-refractivity contribution is 0.278. The first-order valence-electron chi connectivity index (χ1n) is 4.19. The highest BCUT2D eigenvalue weighted by atomic mass is 19.1. The molecule has 1 aromatic carbocycles. The quantitative estimate of drug-likeness (QED) is 0.777. The Kier molecular flexibility index (Phi) is 3.25. The van der Waals surface area contributed by atoms with Crippen LogP contribution in [-0.4, -0.2) is 12.2 Å². The van der Waals surface area contributed by atoms with Gasteiger partial charge in [-0.05, 0) is 23.6 Å². The van der Waals surface area contributed by atoms with Gasteiger partial charge in [-0.25, -0.2) is 4.39 Å². The minimum Gasteiger partial charge on any atom is -0.496 e. The van der Waals surface area contributed by atoms with Crippen LogP contribution in [0.1, 0.15) is 18.1 Å². The van der Waals surface area contributed by atoms with Crippen molar-refractivity contribution in [2.75, 3.05) is 7.11 Å². The zero-order chi connectivity index (χ0) is 9.84. The van der Waals surface area contributed by atoms with E-state index >= 15 is 0 Å². The number of rotatable bonds is 3.